The minimum absolute atomic E-state index is 0.00190. The summed E-state index contributed by atoms with van der Waals surface area (Å²) in [7, 11) is 0. The zero-order valence-corrected chi connectivity index (χ0v) is 14.9. The van der Waals surface area contributed by atoms with Crippen LogP contribution in [0.15, 0.2) is 29.8 Å². The minimum atomic E-state index is -0.0619. The van der Waals surface area contributed by atoms with Crippen molar-refractivity contribution in [2.24, 2.45) is 17.3 Å². The average molecular weight is 330 g/mol. The van der Waals surface area contributed by atoms with Gasteiger partial charge in [-0.25, -0.2) is 0 Å². The van der Waals surface area contributed by atoms with E-state index in [-0.39, 0.29) is 17.3 Å². The molecule has 130 valence electrons. The number of esters is 1. The lowest BCUT2D eigenvalue weighted by atomic mass is 10.1. The van der Waals surface area contributed by atoms with Crippen molar-refractivity contribution in [1.29, 1.82) is 0 Å². The van der Waals surface area contributed by atoms with Crippen molar-refractivity contribution in [3.8, 4) is 11.5 Å². The Labute approximate surface area is 143 Å². The zero-order valence-electron chi connectivity index (χ0n) is 14.9. The van der Waals surface area contributed by atoms with Gasteiger partial charge in [0.15, 0.2) is 11.5 Å². The maximum Gasteiger partial charge on any atom is 0.310 e. The summed E-state index contributed by atoms with van der Waals surface area (Å²) in [6, 6.07) is 5.96. The second-order valence-electron chi connectivity index (χ2n) is 7.53. The van der Waals surface area contributed by atoms with Crippen LogP contribution >= 0.6 is 0 Å². The maximum atomic E-state index is 12.3. The molecule has 1 fully saturated rings. The molecule has 1 aliphatic heterocycles. The van der Waals surface area contributed by atoms with E-state index < -0.39 is 0 Å². The first-order chi connectivity index (χ1) is 11.4. The summed E-state index contributed by atoms with van der Waals surface area (Å²) in [5.41, 5.74) is 2.45. The number of benzene rings is 1. The molecule has 4 heteroatoms. The van der Waals surface area contributed by atoms with Gasteiger partial charge in [-0.1, -0.05) is 31.6 Å². The molecule has 0 bridgehead atoms. The van der Waals surface area contributed by atoms with Gasteiger partial charge in [0.2, 0.25) is 6.79 Å². The van der Waals surface area contributed by atoms with Gasteiger partial charge >= 0.3 is 5.97 Å². The van der Waals surface area contributed by atoms with E-state index in [1.165, 1.54) is 11.1 Å². The molecule has 3 rings (SSSR count). The molecule has 1 heterocycles. The Balaban J connectivity index is 1.44. The molecule has 0 saturated heterocycles. The highest BCUT2D eigenvalue weighted by Crippen LogP contribution is 2.59. The van der Waals surface area contributed by atoms with E-state index in [0.29, 0.717) is 19.3 Å². The largest absolute Gasteiger partial charge is 0.465 e. The fourth-order valence-corrected chi connectivity index (χ4v) is 3.43. The molecule has 24 heavy (non-hydrogen) atoms. The molecule has 0 aromatic heterocycles. The molecule has 0 spiro atoms. The first-order valence-corrected chi connectivity index (χ1v) is 8.60. The van der Waals surface area contributed by atoms with Crippen LogP contribution in [0.25, 0.3) is 0 Å². The van der Waals surface area contributed by atoms with Crippen LogP contribution < -0.4 is 9.47 Å². The lowest BCUT2D eigenvalue weighted by Gasteiger charge is -2.06. The van der Waals surface area contributed by atoms with Gasteiger partial charge in [-0.3, -0.25) is 4.79 Å². The molecule has 1 saturated carbocycles. The molecular weight excluding hydrogens is 304 g/mol. The van der Waals surface area contributed by atoms with Gasteiger partial charge in [-0.05, 0) is 55.7 Å². The van der Waals surface area contributed by atoms with Gasteiger partial charge in [0.1, 0.15) is 0 Å². The van der Waals surface area contributed by atoms with Crippen LogP contribution in [0.4, 0.5) is 0 Å². The number of carbonyl (C=O) groups is 1. The smallest absolute Gasteiger partial charge is 0.310 e. The van der Waals surface area contributed by atoms with Crippen molar-refractivity contribution in [3.05, 3.63) is 35.4 Å². The standard InChI is InChI=1S/C20H26O4/c1-13(2)10-15-18(20(15,3)4)19(21)22-9-5-6-14-7-8-16-17(11-14)24-12-23-16/h7-8,10-11,15,18H,5-6,9,12H2,1-4H3/t15-,18+/m1/s1. The summed E-state index contributed by atoms with van der Waals surface area (Å²) in [5.74, 6) is 1.84. The van der Waals surface area contributed by atoms with Gasteiger partial charge in [-0.15, -0.1) is 0 Å². The quantitative estimate of drug-likeness (QED) is 0.447. The van der Waals surface area contributed by atoms with E-state index in [9.17, 15) is 4.79 Å². The fourth-order valence-electron chi connectivity index (χ4n) is 3.43. The molecule has 0 N–H and O–H groups in total. The summed E-state index contributed by atoms with van der Waals surface area (Å²) < 4.78 is 16.2. The van der Waals surface area contributed by atoms with Crippen LogP contribution in [0.2, 0.25) is 0 Å². The van der Waals surface area contributed by atoms with E-state index in [1.807, 2.05) is 18.2 Å². The summed E-state index contributed by atoms with van der Waals surface area (Å²) in [5, 5.41) is 0. The third kappa shape index (κ3) is 3.42. The number of allylic oxidation sites excluding steroid dienone is 2. The predicted molar refractivity (Wildman–Crippen MR) is 92.0 cm³/mol. The fraction of sp³-hybridized carbons (Fsp3) is 0.550. The summed E-state index contributed by atoms with van der Waals surface area (Å²) in [6.07, 6.45) is 3.86. The maximum absolute atomic E-state index is 12.3. The molecule has 1 aliphatic carbocycles. The Morgan fingerprint density at radius 2 is 2.04 bits per heavy atom. The van der Waals surface area contributed by atoms with Crippen molar-refractivity contribution >= 4 is 5.97 Å². The SMILES string of the molecule is CC(C)=C[C@@H]1[C@@H](C(=O)OCCCc2ccc3c(c2)OCO3)C1(C)C. The van der Waals surface area contributed by atoms with E-state index >= 15 is 0 Å². The molecule has 0 amide bonds. The van der Waals surface area contributed by atoms with E-state index in [0.717, 1.165) is 24.3 Å². The summed E-state index contributed by atoms with van der Waals surface area (Å²) in [6.45, 7) is 9.16. The van der Waals surface area contributed by atoms with Crippen molar-refractivity contribution in [3.63, 3.8) is 0 Å². The molecule has 0 unspecified atom stereocenters. The highest BCUT2D eigenvalue weighted by atomic mass is 16.7. The highest BCUT2D eigenvalue weighted by molar-refractivity contribution is 5.78. The van der Waals surface area contributed by atoms with Crippen LogP contribution in [0.1, 0.15) is 39.7 Å². The lowest BCUT2D eigenvalue weighted by Crippen LogP contribution is -2.12. The van der Waals surface area contributed by atoms with Gasteiger partial charge in [-0.2, -0.15) is 0 Å². The topological polar surface area (TPSA) is 44.8 Å². The molecule has 0 radical (unpaired) electrons. The highest BCUT2D eigenvalue weighted by Gasteiger charge is 2.61. The Morgan fingerprint density at radius 3 is 2.79 bits per heavy atom. The molecule has 2 aliphatic rings. The van der Waals surface area contributed by atoms with E-state index in [1.54, 1.807) is 0 Å². The monoisotopic (exact) mass is 330 g/mol. The first kappa shape index (κ1) is 16.9. The van der Waals surface area contributed by atoms with Crippen LogP contribution in [0, 0.1) is 17.3 Å². The van der Waals surface area contributed by atoms with Crippen LogP contribution in [-0.4, -0.2) is 19.4 Å². The van der Waals surface area contributed by atoms with Gasteiger partial charge in [0.05, 0.1) is 12.5 Å². The van der Waals surface area contributed by atoms with Crippen molar-refractivity contribution in [1.82, 2.24) is 0 Å². The van der Waals surface area contributed by atoms with E-state index in [2.05, 4.69) is 33.8 Å². The Hall–Kier alpha value is -1.97. The third-order valence-electron chi connectivity index (χ3n) is 4.97. The summed E-state index contributed by atoms with van der Waals surface area (Å²) in [4.78, 5) is 12.3. The predicted octanol–water partition coefficient (Wildman–Crippen LogP) is 4.13. The third-order valence-corrected chi connectivity index (χ3v) is 4.97. The number of ether oxygens (including phenoxy) is 3. The van der Waals surface area contributed by atoms with Gasteiger partial charge < -0.3 is 14.2 Å². The second kappa shape index (κ2) is 6.50. The lowest BCUT2D eigenvalue weighted by molar-refractivity contribution is -0.146. The first-order valence-electron chi connectivity index (χ1n) is 8.60. The van der Waals surface area contributed by atoms with E-state index in [4.69, 9.17) is 14.2 Å². The van der Waals surface area contributed by atoms with Crippen molar-refractivity contribution < 1.29 is 19.0 Å². The number of aryl methyl sites for hydroxylation is 1. The van der Waals surface area contributed by atoms with Gasteiger partial charge in [0.25, 0.3) is 0 Å². The number of carbonyl (C=O) groups excluding carboxylic acids is 1. The van der Waals surface area contributed by atoms with Crippen LogP contribution in [0.3, 0.4) is 0 Å². The Bertz CT molecular complexity index is 656. The molecular formula is C20H26O4. The minimum Gasteiger partial charge on any atom is -0.465 e. The number of hydrogen-bond acceptors (Lipinski definition) is 4. The summed E-state index contributed by atoms with van der Waals surface area (Å²) >= 11 is 0. The normalized spacial score (nSPS) is 22.8. The molecule has 1 aromatic carbocycles. The Kier molecular flexibility index (Phi) is 4.57. The zero-order chi connectivity index (χ0) is 17.3. The molecule has 1 aromatic rings. The average Bonchev–Trinajstić information content (AvgIpc) is 2.87. The number of hydrogen-bond donors (Lipinski definition) is 0. The molecule has 2 atom stereocenters. The number of rotatable bonds is 6. The van der Waals surface area contributed by atoms with Crippen LogP contribution in [0.5, 0.6) is 11.5 Å². The van der Waals surface area contributed by atoms with Gasteiger partial charge in [0, 0.05) is 0 Å². The Morgan fingerprint density at radius 1 is 1.29 bits per heavy atom. The van der Waals surface area contributed by atoms with Crippen LogP contribution in [-0.2, 0) is 16.0 Å². The van der Waals surface area contributed by atoms with Crippen molar-refractivity contribution in [2.75, 3.05) is 13.4 Å². The van der Waals surface area contributed by atoms with Crippen molar-refractivity contribution in [2.45, 2.75) is 40.5 Å². The second-order valence-corrected chi connectivity index (χ2v) is 7.53. The number of fused-ring (bicyclic) bond motifs is 1. The molecule has 4 nitrogen and oxygen atoms in total.